The molecule has 0 N–H and O–H groups in total. The molecule has 0 saturated heterocycles. The highest BCUT2D eigenvalue weighted by atomic mass is 19.3. The van der Waals surface area contributed by atoms with Gasteiger partial charge in [-0.3, -0.25) is 4.68 Å². The third-order valence-corrected chi connectivity index (χ3v) is 3.84. The topological polar surface area (TPSA) is 48.5 Å². The summed E-state index contributed by atoms with van der Waals surface area (Å²) in [5, 5.41) is 9.03. The average Bonchev–Trinajstić information content (AvgIpc) is 3.11. The molecule has 122 valence electrons. The van der Waals surface area contributed by atoms with E-state index in [4.69, 9.17) is 0 Å². The number of fused-ring (bicyclic) bond motifs is 1. The Labute approximate surface area is 132 Å². The molecule has 23 heavy (non-hydrogen) atoms. The van der Waals surface area contributed by atoms with Gasteiger partial charge in [0.1, 0.15) is 0 Å². The molecular weight excluding hydrogens is 300 g/mol. The fourth-order valence-corrected chi connectivity index (χ4v) is 2.70. The Morgan fingerprint density at radius 1 is 1.26 bits per heavy atom. The molecule has 0 radical (unpaired) electrons. The lowest BCUT2D eigenvalue weighted by molar-refractivity contribution is 0.153. The van der Waals surface area contributed by atoms with Crippen molar-refractivity contribution in [2.75, 3.05) is 0 Å². The van der Waals surface area contributed by atoms with Gasteiger partial charge in [-0.1, -0.05) is 0 Å². The normalized spacial score (nSPS) is 12.0. The molecule has 0 spiro atoms. The maximum absolute atomic E-state index is 13.6. The molecule has 0 aliphatic carbocycles. The summed E-state index contributed by atoms with van der Waals surface area (Å²) in [6, 6.07) is 1.49. The molecule has 5 nitrogen and oxygen atoms in total. The highest BCUT2D eigenvalue weighted by Gasteiger charge is 2.22. The minimum Gasteiger partial charge on any atom is -0.272 e. The predicted molar refractivity (Wildman–Crippen MR) is 84.5 cm³/mol. The number of halogens is 2. The first-order valence-electron chi connectivity index (χ1n) is 7.63. The smallest absolute Gasteiger partial charge is 0.264 e. The molecule has 3 heterocycles. The van der Waals surface area contributed by atoms with Crippen molar-refractivity contribution >= 4 is 11.0 Å². The van der Waals surface area contributed by atoms with E-state index >= 15 is 0 Å². The fourth-order valence-electron chi connectivity index (χ4n) is 2.70. The first-order chi connectivity index (χ1) is 10.9. The van der Waals surface area contributed by atoms with Crippen LogP contribution in [0.1, 0.15) is 44.5 Å². The van der Waals surface area contributed by atoms with Gasteiger partial charge in [0, 0.05) is 29.9 Å². The van der Waals surface area contributed by atoms with Gasteiger partial charge in [-0.05, 0) is 33.8 Å². The molecule has 0 atom stereocenters. The van der Waals surface area contributed by atoms with E-state index < -0.39 is 6.43 Å². The molecule has 0 fully saturated rings. The van der Waals surface area contributed by atoms with Crippen LogP contribution in [-0.2, 0) is 6.54 Å². The quantitative estimate of drug-likeness (QED) is 0.726. The maximum Gasteiger partial charge on any atom is 0.264 e. The predicted octanol–water partition coefficient (Wildman–Crippen LogP) is 4.14. The molecular formula is C16H19F2N5. The van der Waals surface area contributed by atoms with E-state index in [0.29, 0.717) is 29.0 Å². The molecule has 3 aromatic rings. The third-order valence-electron chi connectivity index (χ3n) is 3.84. The highest BCUT2D eigenvalue weighted by molar-refractivity contribution is 5.85. The van der Waals surface area contributed by atoms with Gasteiger partial charge in [0.05, 0.1) is 23.0 Å². The van der Waals surface area contributed by atoms with Gasteiger partial charge in [0.15, 0.2) is 5.65 Å². The number of hydrogen-bond acceptors (Lipinski definition) is 3. The lowest BCUT2D eigenvalue weighted by Crippen LogP contribution is -2.04. The third kappa shape index (κ3) is 2.60. The second-order valence-corrected chi connectivity index (χ2v) is 5.80. The van der Waals surface area contributed by atoms with Crippen molar-refractivity contribution in [3.8, 4) is 11.3 Å². The van der Waals surface area contributed by atoms with Crippen LogP contribution < -0.4 is 0 Å². The lowest BCUT2D eigenvalue weighted by Gasteiger charge is -2.09. The summed E-state index contributed by atoms with van der Waals surface area (Å²) in [5.74, 6) is 0. The van der Waals surface area contributed by atoms with E-state index in [-0.39, 0.29) is 11.6 Å². The monoisotopic (exact) mass is 319 g/mol. The standard InChI is InChI=1S/C16H19F2N5/c1-5-22-8-11(7-19-22)13-6-12(15(17)18)14-10(4)21-23(9(2)3)16(14)20-13/h6-9,15H,5H2,1-4H3. The minimum absolute atomic E-state index is 0.0290. The Kier molecular flexibility index (Phi) is 3.87. The maximum atomic E-state index is 13.6. The molecule has 0 saturated carbocycles. The molecule has 0 unspecified atom stereocenters. The first kappa shape index (κ1) is 15.6. The summed E-state index contributed by atoms with van der Waals surface area (Å²) in [4.78, 5) is 4.59. The van der Waals surface area contributed by atoms with Crippen LogP contribution in [0.3, 0.4) is 0 Å². The first-order valence-corrected chi connectivity index (χ1v) is 7.63. The highest BCUT2D eigenvalue weighted by Crippen LogP contribution is 2.33. The Balaban J connectivity index is 2.30. The van der Waals surface area contributed by atoms with E-state index in [2.05, 4.69) is 15.2 Å². The average molecular weight is 319 g/mol. The van der Waals surface area contributed by atoms with Crippen molar-refractivity contribution in [2.45, 2.75) is 46.7 Å². The molecule has 3 aromatic heterocycles. The van der Waals surface area contributed by atoms with Gasteiger partial charge in [0.25, 0.3) is 6.43 Å². The van der Waals surface area contributed by atoms with Crippen LogP contribution in [0.25, 0.3) is 22.3 Å². The number of hydrogen-bond donors (Lipinski definition) is 0. The van der Waals surface area contributed by atoms with Crippen LogP contribution in [0.2, 0.25) is 0 Å². The van der Waals surface area contributed by atoms with E-state index in [1.54, 1.807) is 22.5 Å². The molecule has 0 aliphatic heterocycles. The molecule has 7 heteroatoms. The van der Waals surface area contributed by atoms with Crippen molar-refractivity contribution < 1.29 is 8.78 Å². The van der Waals surface area contributed by atoms with E-state index in [1.165, 1.54) is 6.07 Å². The SMILES string of the molecule is CCn1cc(-c2cc(C(F)F)c3c(C)nn(C(C)C)c3n2)cn1. The Morgan fingerprint density at radius 2 is 2.00 bits per heavy atom. The van der Waals surface area contributed by atoms with Gasteiger partial charge in [-0.25, -0.2) is 18.4 Å². The minimum atomic E-state index is -2.58. The van der Waals surface area contributed by atoms with Crippen molar-refractivity contribution in [1.29, 1.82) is 0 Å². The lowest BCUT2D eigenvalue weighted by atomic mass is 10.1. The molecule has 0 amide bonds. The van der Waals surface area contributed by atoms with Gasteiger partial charge in [-0.2, -0.15) is 10.2 Å². The second kappa shape index (κ2) is 5.72. The van der Waals surface area contributed by atoms with Crippen LogP contribution in [0.15, 0.2) is 18.5 Å². The van der Waals surface area contributed by atoms with Crippen LogP contribution in [0.5, 0.6) is 0 Å². The summed E-state index contributed by atoms with van der Waals surface area (Å²) in [6.07, 6.45) is 0.881. The van der Waals surface area contributed by atoms with Crippen LogP contribution in [-0.4, -0.2) is 24.5 Å². The fraction of sp³-hybridized carbons (Fsp3) is 0.438. The Bertz CT molecular complexity index is 848. The van der Waals surface area contributed by atoms with Crippen molar-refractivity contribution in [2.24, 2.45) is 0 Å². The second-order valence-electron chi connectivity index (χ2n) is 5.80. The molecule has 0 aliphatic rings. The largest absolute Gasteiger partial charge is 0.272 e. The van der Waals surface area contributed by atoms with E-state index in [9.17, 15) is 8.78 Å². The Morgan fingerprint density at radius 3 is 2.57 bits per heavy atom. The van der Waals surface area contributed by atoms with Gasteiger partial charge < -0.3 is 0 Å². The van der Waals surface area contributed by atoms with Gasteiger partial charge in [-0.15, -0.1) is 0 Å². The van der Waals surface area contributed by atoms with Crippen molar-refractivity contribution in [1.82, 2.24) is 24.5 Å². The number of nitrogens with zero attached hydrogens (tertiary/aromatic N) is 5. The zero-order valence-electron chi connectivity index (χ0n) is 13.6. The summed E-state index contributed by atoms with van der Waals surface area (Å²) in [7, 11) is 0. The zero-order valence-corrected chi connectivity index (χ0v) is 13.6. The van der Waals surface area contributed by atoms with E-state index in [1.807, 2.05) is 27.0 Å². The van der Waals surface area contributed by atoms with Crippen LogP contribution in [0.4, 0.5) is 8.78 Å². The van der Waals surface area contributed by atoms with Gasteiger partial charge >= 0.3 is 0 Å². The zero-order chi connectivity index (χ0) is 16.7. The van der Waals surface area contributed by atoms with Crippen LogP contribution >= 0.6 is 0 Å². The van der Waals surface area contributed by atoms with Crippen LogP contribution in [0, 0.1) is 6.92 Å². The van der Waals surface area contributed by atoms with Crippen molar-refractivity contribution in [3.05, 3.63) is 29.7 Å². The molecule has 0 bridgehead atoms. The number of aromatic nitrogens is 5. The summed E-state index contributed by atoms with van der Waals surface area (Å²) >= 11 is 0. The molecule has 0 aromatic carbocycles. The summed E-state index contributed by atoms with van der Waals surface area (Å²) in [5.41, 5.74) is 2.26. The van der Waals surface area contributed by atoms with E-state index in [0.717, 1.165) is 5.56 Å². The molecule has 3 rings (SSSR count). The van der Waals surface area contributed by atoms with Gasteiger partial charge in [0.2, 0.25) is 0 Å². The number of rotatable bonds is 4. The summed E-state index contributed by atoms with van der Waals surface area (Å²) < 4.78 is 30.6. The number of alkyl halides is 2. The Hall–Kier alpha value is -2.31. The number of aryl methyl sites for hydroxylation is 2. The number of pyridine rings is 1. The summed E-state index contributed by atoms with van der Waals surface area (Å²) in [6.45, 7) is 8.33. The van der Waals surface area contributed by atoms with Crippen molar-refractivity contribution in [3.63, 3.8) is 0 Å².